The largest absolute Gasteiger partial charge is 0.390 e. The minimum absolute atomic E-state index is 0.332. The average Bonchev–Trinajstić information content (AvgIpc) is 2.72. The molecule has 0 spiro atoms. The highest BCUT2D eigenvalue weighted by Gasteiger charge is 2.37. The van der Waals surface area contributed by atoms with Crippen LogP contribution in [0.1, 0.15) is 19.3 Å². The quantitative estimate of drug-likeness (QED) is 0.588. The number of rotatable bonds is 2. The van der Waals surface area contributed by atoms with E-state index in [1.54, 1.807) is 0 Å². The number of epoxide rings is 1. The van der Waals surface area contributed by atoms with Gasteiger partial charge in [-0.3, -0.25) is 0 Å². The summed E-state index contributed by atoms with van der Waals surface area (Å²) in [4.78, 5) is 0. The zero-order chi connectivity index (χ0) is 7.73. The molecule has 0 amide bonds. The second kappa shape index (κ2) is 2.73. The Morgan fingerprint density at radius 3 is 2.55 bits per heavy atom. The van der Waals surface area contributed by atoms with Gasteiger partial charge >= 0.3 is 0 Å². The predicted molar refractivity (Wildman–Crippen MR) is 39.4 cm³/mol. The molecular formula is C8H14O3. The molecule has 1 atom stereocenters. The predicted octanol–water partition coefficient (Wildman–Crippen LogP) is 0.317. The van der Waals surface area contributed by atoms with Crippen molar-refractivity contribution >= 4 is 0 Å². The fourth-order valence-corrected chi connectivity index (χ4v) is 1.57. The minimum atomic E-state index is -0.487. The van der Waals surface area contributed by atoms with Gasteiger partial charge in [0.25, 0.3) is 0 Å². The Bertz CT molecular complexity index is 136. The fraction of sp³-hybridized carbons (Fsp3) is 1.00. The molecule has 0 bridgehead atoms. The zero-order valence-corrected chi connectivity index (χ0v) is 6.58. The maximum absolute atomic E-state index is 9.92. The van der Waals surface area contributed by atoms with E-state index >= 15 is 0 Å². The molecule has 3 nitrogen and oxygen atoms in total. The lowest BCUT2D eigenvalue weighted by atomic mass is 9.89. The normalized spacial score (nSPS) is 35.2. The molecule has 1 N–H and O–H groups in total. The Morgan fingerprint density at radius 1 is 1.36 bits per heavy atom. The van der Waals surface area contributed by atoms with Gasteiger partial charge in [-0.25, -0.2) is 0 Å². The molecule has 11 heavy (non-hydrogen) atoms. The van der Waals surface area contributed by atoms with Crippen molar-refractivity contribution < 1.29 is 14.6 Å². The molecule has 2 aliphatic heterocycles. The molecule has 0 aromatic carbocycles. The number of aliphatic hydroxyl groups is 1. The van der Waals surface area contributed by atoms with E-state index < -0.39 is 5.60 Å². The molecule has 0 radical (unpaired) electrons. The number of ether oxygens (including phenoxy) is 2. The zero-order valence-electron chi connectivity index (χ0n) is 6.58. The van der Waals surface area contributed by atoms with Crippen molar-refractivity contribution in [3.8, 4) is 0 Å². The summed E-state index contributed by atoms with van der Waals surface area (Å²) in [6.45, 7) is 2.23. The molecule has 0 aliphatic carbocycles. The van der Waals surface area contributed by atoms with Crippen molar-refractivity contribution in [1.29, 1.82) is 0 Å². The summed E-state index contributed by atoms with van der Waals surface area (Å²) in [6, 6.07) is 0. The second-order valence-corrected chi connectivity index (χ2v) is 3.50. The SMILES string of the molecule is OC1(C[C@H]2CO2)CCOCC1. The van der Waals surface area contributed by atoms with Gasteiger partial charge < -0.3 is 14.6 Å². The van der Waals surface area contributed by atoms with Gasteiger partial charge in [0.05, 0.1) is 18.3 Å². The van der Waals surface area contributed by atoms with Crippen LogP contribution in [0.5, 0.6) is 0 Å². The molecule has 2 saturated heterocycles. The summed E-state index contributed by atoms with van der Waals surface area (Å²) in [5.74, 6) is 0. The van der Waals surface area contributed by atoms with E-state index in [0.29, 0.717) is 19.3 Å². The monoisotopic (exact) mass is 158 g/mol. The lowest BCUT2D eigenvalue weighted by molar-refractivity contribution is -0.0710. The summed E-state index contributed by atoms with van der Waals surface area (Å²) in [5, 5.41) is 9.92. The molecule has 2 fully saturated rings. The van der Waals surface area contributed by atoms with E-state index in [4.69, 9.17) is 9.47 Å². The first-order valence-electron chi connectivity index (χ1n) is 4.20. The van der Waals surface area contributed by atoms with Crippen molar-refractivity contribution in [3.63, 3.8) is 0 Å². The maximum Gasteiger partial charge on any atom is 0.0837 e. The van der Waals surface area contributed by atoms with Gasteiger partial charge in [0.1, 0.15) is 0 Å². The van der Waals surface area contributed by atoms with Gasteiger partial charge in [-0.2, -0.15) is 0 Å². The lowest BCUT2D eigenvalue weighted by Gasteiger charge is -2.31. The number of hydrogen-bond donors (Lipinski definition) is 1. The van der Waals surface area contributed by atoms with Crippen LogP contribution in [0.15, 0.2) is 0 Å². The highest BCUT2D eigenvalue weighted by Crippen LogP contribution is 2.30. The Kier molecular flexibility index (Phi) is 1.87. The van der Waals surface area contributed by atoms with Gasteiger partial charge in [-0.15, -0.1) is 0 Å². The Hall–Kier alpha value is -0.120. The van der Waals surface area contributed by atoms with E-state index in [-0.39, 0.29) is 0 Å². The highest BCUT2D eigenvalue weighted by atomic mass is 16.6. The van der Waals surface area contributed by atoms with Gasteiger partial charge in [-0.05, 0) is 12.8 Å². The summed E-state index contributed by atoms with van der Waals surface area (Å²) < 4.78 is 10.2. The van der Waals surface area contributed by atoms with E-state index in [1.165, 1.54) is 0 Å². The number of hydrogen-bond acceptors (Lipinski definition) is 3. The Balaban J connectivity index is 1.84. The van der Waals surface area contributed by atoms with E-state index in [1.807, 2.05) is 0 Å². The van der Waals surface area contributed by atoms with Crippen molar-refractivity contribution in [3.05, 3.63) is 0 Å². The van der Waals surface area contributed by atoms with Gasteiger partial charge in [0, 0.05) is 19.6 Å². The smallest absolute Gasteiger partial charge is 0.0837 e. The standard InChI is InChI=1S/C8H14O3/c9-8(5-7-6-11-7)1-3-10-4-2-8/h7,9H,1-6H2/t7-/m0/s1. The molecule has 2 aliphatic rings. The van der Waals surface area contributed by atoms with Crippen LogP contribution < -0.4 is 0 Å². The third-order valence-corrected chi connectivity index (χ3v) is 2.43. The van der Waals surface area contributed by atoms with Crippen LogP contribution in [0.4, 0.5) is 0 Å². The lowest BCUT2D eigenvalue weighted by Crippen LogP contribution is -2.37. The summed E-state index contributed by atoms with van der Waals surface area (Å²) >= 11 is 0. The van der Waals surface area contributed by atoms with Gasteiger partial charge in [-0.1, -0.05) is 0 Å². The van der Waals surface area contributed by atoms with Crippen LogP contribution in [0, 0.1) is 0 Å². The third-order valence-electron chi connectivity index (χ3n) is 2.43. The topological polar surface area (TPSA) is 42.0 Å². The first-order valence-corrected chi connectivity index (χ1v) is 4.20. The van der Waals surface area contributed by atoms with Crippen LogP contribution in [-0.4, -0.2) is 36.6 Å². The fourth-order valence-electron chi connectivity index (χ4n) is 1.57. The van der Waals surface area contributed by atoms with Gasteiger partial charge in [0.15, 0.2) is 0 Å². The van der Waals surface area contributed by atoms with Crippen LogP contribution in [0.2, 0.25) is 0 Å². The van der Waals surface area contributed by atoms with Crippen LogP contribution in [-0.2, 0) is 9.47 Å². The van der Waals surface area contributed by atoms with Crippen molar-refractivity contribution in [2.45, 2.75) is 31.0 Å². The summed E-state index contributed by atoms with van der Waals surface area (Å²) in [5.41, 5.74) is -0.487. The second-order valence-electron chi connectivity index (χ2n) is 3.50. The van der Waals surface area contributed by atoms with Crippen LogP contribution >= 0.6 is 0 Å². The first kappa shape index (κ1) is 7.53. The highest BCUT2D eigenvalue weighted by molar-refractivity contribution is 4.87. The van der Waals surface area contributed by atoms with Crippen molar-refractivity contribution in [2.24, 2.45) is 0 Å². The van der Waals surface area contributed by atoms with Crippen LogP contribution in [0.3, 0.4) is 0 Å². The third kappa shape index (κ3) is 1.92. The van der Waals surface area contributed by atoms with Crippen molar-refractivity contribution in [1.82, 2.24) is 0 Å². The molecule has 0 saturated carbocycles. The van der Waals surface area contributed by atoms with E-state index in [0.717, 1.165) is 25.9 Å². The minimum Gasteiger partial charge on any atom is -0.390 e. The Morgan fingerprint density at radius 2 is 2.00 bits per heavy atom. The summed E-state index contributed by atoms with van der Waals surface area (Å²) in [7, 11) is 0. The maximum atomic E-state index is 9.92. The molecule has 0 aromatic heterocycles. The first-order chi connectivity index (χ1) is 5.29. The molecule has 3 heteroatoms. The summed E-state index contributed by atoms with van der Waals surface area (Å²) in [6.07, 6.45) is 2.67. The molecule has 64 valence electrons. The molecule has 0 unspecified atom stereocenters. The van der Waals surface area contributed by atoms with E-state index in [9.17, 15) is 5.11 Å². The Labute approximate surface area is 66.3 Å². The molecule has 0 aromatic rings. The molecular weight excluding hydrogens is 144 g/mol. The molecule has 2 rings (SSSR count). The van der Waals surface area contributed by atoms with Crippen LogP contribution in [0.25, 0.3) is 0 Å². The molecule has 2 heterocycles. The van der Waals surface area contributed by atoms with E-state index in [2.05, 4.69) is 0 Å². The average molecular weight is 158 g/mol. The van der Waals surface area contributed by atoms with Crippen molar-refractivity contribution in [2.75, 3.05) is 19.8 Å². The van der Waals surface area contributed by atoms with Gasteiger partial charge in [0.2, 0.25) is 0 Å².